The zero-order valence-corrected chi connectivity index (χ0v) is 10.3. The molecule has 0 bridgehead atoms. The van der Waals surface area contributed by atoms with E-state index in [-0.39, 0.29) is 11.9 Å². The second-order valence-corrected chi connectivity index (χ2v) is 5.07. The van der Waals surface area contributed by atoms with Gasteiger partial charge in [-0.05, 0) is 48.9 Å². The number of nitrogens with one attached hydrogen (secondary N) is 1. The fourth-order valence-electron chi connectivity index (χ4n) is 2.22. The molecule has 3 heteroatoms. The monoisotopic (exact) mass is 236 g/mol. The molecule has 1 aromatic rings. The Bertz CT molecular complexity index is 363. The zero-order valence-electron chi connectivity index (χ0n) is 10.3. The van der Waals surface area contributed by atoms with Gasteiger partial charge in [0.2, 0.25) is 0 Å². The Kier molecular flexibility index (Phi) is 4.13. The Balaban J connectivity index is 1.91. The molecule has 1 aliphatic carbocycles. The van der Waals surface area contributed by atoms with Gasteiger partial charge in [-0.3, -0.25) is 0 Å². The van der Waals surface area contributed by atoms with Crippen molar-refractivity contribution in [3.8, 4) is 0 Å². The minimum atomic E-state index is -0.196. The van der Waals surface area contributed by atoms with Crippen LogP contribution < -0.4 is 11.1 Å². The van der Waals surface area contributed by atoms with E-state index in [1.165, 1.54) is 18.9 Å². The van der Waals surface area contributed by atoms with Crippen molar-refractivity contribution in [1.29, 1.82) is 0 Å². The third-order valence-electron chi connectivity index (χ3n) is 3.60. The summed E-state index contributed by atoms with van der Waals surface area (Å²) in [5.74, 6) is 1.38. The van der Waals surface area contributed by atoms with Crippen molar-refractivity contribution in [1.82, 2.24) is 5.32 Å². The van der Waals surface area contributed by atoms with Crippen LogP contribution in [0.5, 0.6) is 0 Å². The lowest BCUT2D eigenvalue weighted by molar-refractivity contribution is 0.422. The summed E-state index contributed by atoms with van der Waals surface area (Å²) in [6.45, 7) is 3.73. The molecule has 3 N–H and O–H groups in total. The van der Waals surface area contributed by atoms with Crippen molar-refractivity contribution < 1.29 is 4.39 Å². The van der Waals surface area contributed by atoms with Gasteiger partial charge in [-0.25, -0.2) is 4.39 Å². The van der Waals surface area contributed by atoms with Crippen molar-refractivity contribution >= 4 is 0 Å². The largest absolute Gasteiger partial charge is 0.329 e. The van der Waals surface area contributed by atoms with Crippen molar-refractivity contribution in [3.63, 3.8) is 0 Å². The van der Waals surface area contributed by atoms with Gasteiger partial charge in [0.05, 0.1) is 0 Å². The molecular formula is C14H21FN2. The summed E-state index contributed by atoms with van der Waals surface area (Å²) in [6.07, 6.45) is 2.71. The summed E-state index contributed by atoms with van der Waals surface area (Å²) in [5.41, 5.74) is 6.69. The highest BCUT2D eigenvalue weighted by molar-refractivity contribution is 5.20. The van der Waals surface area contributed by atoms with Crippen LogP contribution in [0.2, 0.25) is 0 Å². The molecule has 0 radical (unpaired) electrons. The number of hydrogen-bond acceptors (Lipinski definition) is 2. The lowest BCUT2D eigenvalue weighted by Crippen LogP contribution is -2.32. The summed E-state index contributed by atoms with van der Waals surface area (Å²) in [7, 11) is 0. The summed E-state index contributed by atoms with van der Waals surface area (Å²) >= 11 is 0. The first-order valence-electron chi connectivity index (χ1n) is 6.39. The Morgan fingerprint density at radius 2 is 2.24 bits per heavy atom. The molecule has 2 atom stereocenters. The average molecular weight is 236 g/mol. The van der Waals surface area contributed by atoms with Crippen LogP contribution in [-0.4, -0.2) is 13.1 Å². The minimum Gasteiger partial charge on any atom is -0.329 e. The van der Waals surface area contributed by atoms with Crippen LogP contribution in [0.4, 0.5) is 4.39 Å². The van der Waals surface area contributed by atoms with Gasteiger partial charge in [-0.2, -0.15) is 0 Å². The molecule has 1 fully saturated rings. The van der Waals surface area contributed by atoms with E-state index in [4.69, 9.17) is 5.73 Å². The molecule has 0 amide bonds. The molecule has 94 valence electrons. The molecule has 2 rings (SSSR count). The van der Waals surface area contributed by atoms with E-state index in [9.17, 15) is 4.39 Å². The smallest absolute Gasteiger partial charge is 0.123 e. The highest BCUT2D eigenvalue weighted by atomic mass is 19.1. The topological polar surface area (TPSA) is 38.0 Å². The number of hydrogen-bond donors (Lipinski definition) is 2. The van der Waals surface area contributed by atoms with Gasteiger partial charge in [0, 0.05) is 12.6 Å². The van der Waals surface area contributed by atoms with Gasteiger partial charge in [-0.1, -0.05) is 19.1 Å². The first-order chi connectivity index (χ1) is 8.20. The Morgan fingerprint density at radius 3 is 2.82 bits per heavy atom. The molecule has 2 unspecified atom stereocenters. The molecule has 1 saturated carbocycles. The van der Waals surface area contributed by atoms with Gasteiger partial charge in [0.1, 0.15) is 5.82 Å². The molecule has 0 saturated heterocycles. The normalized spacial score (nSPS) is 19.0. The lowest BCUT2D eigenvalue weighted by atomic mass is 10.0. The standard InChI is InChI=1S/C14H21FN2/c1-10(11-5-6-11)9-17-14(8-16)12-3-2-4-13(15)7-12/h2-4,7,10-11,14,17H,5-6,8-9,16H2,1H3. The van der Waals surface area contributed by atoms with E-state index in [1.54, 1.807) is 12.1 Å². The molecule has 17 heavy (non-hydrogen) atoms. The quantitative estimate of drug-likeness (QED) is 0.796. The maximum Gasteiger partial charge on any atom is 0.123 e. The number of benzene rings is 1. The predicted octanol–water partition coefficient (Wildman–Crippen LogP) is 2.46. The minimum absolute atomic E-state index is 0.0619. The van der Waals surface area contributed by atoms with Crippen molar-refractivity contribution in [3.05, 3.63) is 35.6 Å². The number of rotatable bonds is 6. The van der Waals surface area contributed by atoms with Crippen molar-refractivity contribution in [2.24, 2.45) is 17.6 Å². The van der Waals surface area contributed by atoms with E-state index in [0.717, 1.165) is 18.0 Å². The average Bonchev–Trinajstić information content (AvgIpc) is 3.13. The summed E-state index contributed by atoms with van der Waals surface area (Å²) in [4.78, 5) is 0. The SMILES string of the molecule is CC(CNC(CN)c1cccc(F)c1)C1CC1. The van der Waals surface area contributed by atoms with Crippen LogP contribution in [-0.2, 0) is 0 Å². The Morgan fingerprint density at radius 1 is 1.47 bits per heavy atom. The van der Waals surface area contributed by atoms with Gasteiger partial charge < -0.3 is 11.1 Å². The highest BCUT2D eigenvalue weighted by Gasteiger charge is 2.27. The van der Waals surface area contributed by atoms with Gasteiger partial charge in [0.25, 0.3) is 0 Å². The van der Waals surface area contributed by atoms with Gasteiger partial charge in [-0.15, -0.1) is 0 Å². The van der Waals surface area contributed by atoms with Crippen molar-refractivity contribution in [2.75, 3.05) is 13.1 Å². The number of nitrogens with two attached hydrogens (primary N) is 1. The lowest BCUT2D eigenvalue weighted by Gasteiger charge is -2.20. The highest BCUT2D eigenvalue weighted by Crippen LogP contribution is 2.36. The van der Waals surface area contributed by atoms with Crippen LogP contribution in [0.15, 0.2) is 24.3 Å². The first kappa shape index (κ1) is 12.5. The Labute approximate surface area is 102 Å². The second kappa shape index (κ2) is 5.61. The van der Waals surface area contributed by atoms with E-state index >= 15 is 0 Å². The fourth-order valence-corrected chi connectivity index (χ4v) is 2.22. The van der Waals surface area contributed by atoms with Gasteiger partial charge in [0.15, 0.2) is 0 Å². The van der Waals surface area contributed by atoms with Crippen LogP contribution in [0, 0.1) is 17.7 Å². The van der Waals surface area contributed by atoms with E-state index in [1.807, 2.05) is 6.07 Å². The molecule has 0 spiro atoms. The maximum absolute atomic E-state index is 13.1. The van der Waals surface area contributed by atoms with Crippen molar-refractivity contribution in [2.45, 2.75) is 25.8 Å². The van der Waals surface area contributed by atoms with Crippen LogP contribution >= 0.6 is 0 Å². The maximum atomic E-state index is 13.1. The second-order valence-electron chi connectivity index (χ2n) is 5.07. The third kappa shape index (κ3) is 3.51. The third-order valence-corrected chi connectivity index (χ3v) is 3.60. The van der Waals surface area contributed by atoms with Crippen LogP contribution in [0.1, 0.15) is 31.4 Å². The van der Waals surface area contributed by atoms with E-state index < -0.39 is 0 Å². The molecule has 0 heterocycles. The summed E-state index contributed by atoms with van der Waals surface area (Å²) < 4.78 is 13.1. The summed E-state index contributed by atoms with van der Waals surface area (Å²) in [6, 6.07) is 6.75. The molecule has 1 aliphatic rings. The molecule has 0 aliphatic heterocycles. The van der Waals surface area contributed by atoms with E-state index in [2.05, 4.69) is 12.2 Å². The molecular weight excluding hydrogens is 215 g/mol. The van der Waals surface area contributed by atoms with Crippen LogP contribution in [0.3, 0.4) is 0 Å². The fraction of sp³-hybridized carbons (Fsp3) is 0.571. The number of halogens is 1. The first-order valence-corrected chi connectivity index (χ1v) is 6.39. The molecule has 2 nitrogen and oxygen atoms in total. The van der Waals surface area contributed by atoms with Gasteiger partial charge >= 0.3 is 0 Å². The molecule has 1 aromatic carbocycles. The predicted molar refractivity (Wildman–Crippen MR) is 68.1 cm³/mol. The molecule has 0 aromatic heterocycles. The Hall–Kier alpha value is -0.930. The summed E-state index contributed by atoms with van der Waals surface area (Å²) in [5, 5.41) is 3.44. The van der Waals surface area contributed by atoms with Crippen LogP contribution in [0.25, 0.3) is 0 Å². The zero-order chi connectivity index (χ0) is 12.3. The van der Waals surface area contributed by atoms with E-state index in [0.29, 0.717) is 12.5 Å².